The highest BCUT2D eigenvalue weighted by atomic mass is 16.5. The lowest BCUT2D eigenvalue weighted by Crippen LogP contribution is -2.47. The van der Waals surface area contributed by atoms with Gasteiger partial charge >= 0.3 is 0 Å². The number of amides is 2. The maximum absolute atomic E-state index is 12.6. The van der Waals surface area contributed by atoms with Gasteiger partial charge in [0.2, 0.25) is 11.8 Å². The van der Waals surface area contributed by atoms with Crippen LogP contribution in [0.15, 0.2) is 41.7 Å². The van der Waals surface area contributed by atoms with Crippen LogP contribution in [0.3, 0.4) is 0 Å². The molecule has 0 radical (unpaired) electrons. The maximum Gasteiger partial charge on any atom is 0.275 e. The average molecular weight is 426 g/mol. The number of nitrogens with two attached hydrogens (primary N) is 1. The van der Waals surface area contributed by atoms with E-state index in [2.05, 4.69) is 20.3 Å². The number of nitrogens with zero attached hydrogens (tertiary/aromatic N) is 4. The minimum absolute atomic E-state index is 0.122. The van der Waals surface area contributed by atoms with Crippen molar-refractivity contribution in [2.45, 2.75) is 25.8 Å². The van der Waals surface area contributed by atoms with Gasteiger partial charge in [-0.3, -0.25) is 14.5 Å². The Balaban J connectivity index is 1.68. The lowest BCUT2D eigenvalue weighted by Gasteiger charge is -2.33. The maximum atomic E-state index is 12.6. The van der Waals surface area contributed by atoms with E-state index in [0.717, 1.165) is 5.56 Å². The van der Waals surface area contributed by atoms with Crippen molar-refractivity contribution in [1.82, 2.24) is 14.9 Å². The third kappa shape index (κ3) is 5.34. The van der Waals surface area contributed by atoms with Crippen LogP contribution >= 0.6 is 0 Å². The Hall–Kier alpha value is -3.53. The number of rotatable bonds is 8. The van der Waals surface area contributed by atoms with Crippen LogP contribution in [0.1, 0.15) is 36.3 Å². The van der Waals surface area contributed by atoms with Crippen LogP contribution < -0.4 is 15.8 Å². The molecule has 31 heavy (non-hydrogen) atoms. The molecule has 0 saturated carbocycles. The summed E-state index contributed by atoms with van der Waals surface area (Å²) in [4.78, 5) is 38.8. The van der Waals surface area contributed by atoms with Crippen LogP contribution in [0.5, 0.6) is 5.88 Å². The first-order valence-electron chi connectivity index (χ1n) is 9.89. The molecule has 1 atom stereocenters. The lowest BCUT2D eigenvalue weighted by atomic mass is 9.87. The van der Waals surface area contributed by atoms with E-state index in [1.54, 1.807) is 25.2 Å². The molecule has 164 valence electrons. The Bertz CT molecular complexity index is 978. The van der Waals surface area contributed by atoms with Crippen molar-refractivity contribution < 1.29 is 19.1 Å². The van der Waals surface area contributed by atoms with E-state index in [1.165, 1.54) is 17.3 Å². The van der Waals surface area contributed by atoms with Crippen molar-refractivity contribution in [2.24, 2.45) is 10.7 Å². The number of nitrogens with one attached hydrogen (secondary N) is 1. The molecule has 10 nitrogen and oxygen atoms in total. The number of benzene rings is 1. The van der Waals surface area contributed by atoms with Crippen LogP contribution in [0, 0.1) is 0 Å². The summed E-state index contributed by atoms with van der Waals surface area (Å²) in [6, 6.07) is 7.14. The number of anilines is 1. The molecular weight excluding hydrogens is 400 g/mol. The van der Waals surface area contributed by atoms with Gasteiger partial charge in [-0.15, -0.1) is 0 Å². The standard InChI is InChI=1S/C21H26N6O4/c1-4-30-8-9-31-17-13-23-16(12-24-17)19(29)25-15-7-5-6-14(10-15)21(2)11-18(28)27(3)20(22)26-21/h5-7,10,12-13H,4,8-9,11H2,1-3H3,(H2,22,26)(H,25,29). The number of hydrogen-bond acceptors (Lipinski definition) is 8. The monoisotopic (exact) mass is 426 g/mol. The Morgan fingerprint density at radius 1 is 1.29 bits per heavy atom. The zero-order valence-corrected chi connectivity index (χ0v) is 17.8. The number of aromatic nitrogens is 2. The molecular formula is C21H26N6O4. The largest absolute Gasteiger partial charge is 0.474 e. The normalized spacial score (nSPS) is 18.5. The van der Waals surface area contributed by atoms with Gasteiger partial charge in [-0.1, -0.05) is 12.1 Å². The van der Waals surface area contributed by atoms with Gasteiger partial charge in [0.15, 0.2) is 5.96 Å². The summed E-state index contributed by atoms with van der Waals surface area (Å²) in [7, 11) is 1.59. The summed E-state index contributed by atoms with van der Waals surface area (Å²) < 4.78 is 10.6. The van der Waals surface area contributed by atoms with Crippen molar-refractivity contribution in [1.29, 1.82) is 0 Å². The van der Waals surface area contributed by atoms with E-state index >= 15 is 0 Å². The SMILES string of the molecule is CCOCCOc1cnc(C(=O)Nc2cccc(C3(C)CC(=O)N(C)C(N)=N3)c2)cn1. The Morgan fingerprint density at radius 2 is 2.10 bits per heavy atom. The zero-order valence-electron chi connectivity index (χ0n) is 17.8. The Morgan fingerprint density at radius 3 is 2.77 bits per heavy atom. The highest BCUT2D eigenvalue weighted by Gasteiger charge is 2.36. The van der Waals surface area contributed by atoms with Crippen molar-refractivity contribution >= 4 is 23.5 Å². The predicted octanol–water partition coefficient (Wildman–Crippen LogP) is 1.54. The van der Waals surface area contributed by atoms with E-state index in [0.29, 0.717) is 31.4 Å². The van der Waals surface area contributed by atoms with Crippen LogP contribution in [-0.4, -0.2) is 59.5 Å². The molecule has 2 aromatic rings. The molecule has 1 aromatic heterocycles. The summed E-state index contributed by atoms with van der Waals surface area (Å²) in [5.41, 5.74) is 6.53. The molecule has 3 N–H and O–H groups in total. The molecule has 2 heterocycles. The molecule has 0 fully saturated rings. The number of hydrogen-bond donors (Lipinski definition) is 2. The minimum Gasteiger partial charge on any atom is -0.474 e. The van der Waals surface area contributed by atoms with Crippen molar-refractivity contribution in [3.63, 3.8) is 0 Å². The first kappa shape index (κ1) is 22.2. The molecule has 0 bridgehead atoms. The van der Waals surface area contributed by atoms with E-state index in [-0.39, 0.29) is 24.0 Å². The van der Waals surface area contributed by atoms with Crippen molar-refractivity contribution in [3.05, 3.63) is 47.9 Å². The van der Waals surface area contributed by atoms with Crippen molar-refractivity contribution in [3.8, 4) is 5.88 Å². The lowest BCUT2D eigenvalue weighted by molar-refractivity contribution is -0.128. The molecule has 1 unspecified atom stereocenters. The Kier molecular flexibility index (Phi) is 6.81. The van der Waals surface area contributed by atoms with Gasteiger partial charge in [-0.25, -0.2) is 15.0 Å². The molecule has 0 saturated heterocycles. The summed E-state index contributed by atoms with van der Waals surface area (Å²) in [5.74, 6) is -0.0676. The molecule has 3 rings (SSSR count). The van der Waals surface area contributed by atoms with Gasteiger partial charge in [0.1, 0.15) is 12.3 Å². The summed E-state index contributed by atoms with van der Waals surface area (Å²) >= 11 is 0. The highest BCUT2D eigenvalue weighted by Crippen LogP contribution is 2.34. The number of ether oxygens (including phenoxy) is 2. The van der Waals surface area contributed by atoms with E-state index in [4.69, 9.17) is 15.2 Å². The van der Waals surface area contributed by atoms with E-state index in [1.807, 2.05) is 19.9 Å². The number of carbonyl (C=O) groups is 2. The van der Waals surface area contributed by atoms with Crippen LogP contribution in [-0.2, 0) is 15.1 Å². The fourth-order valence-corrected chi connectivity index (χ4v) is 3.06. The molecule has 1 aliphatic rings. The molecule has 2 amide bonds. The number of carbonyl (C=O) groups excluding carboxylic acids is 2. The number of aliphatic imine (C=N–C) groups is 1. The molecule has 1 aliphatic heterocycles. The second kappa shape index (κ2) is 9.52. The molecule has 0 aliphatic carbocycles. The minimum atomic E-state index is -0.811. The summed E-state index contributed by atoms with van der Waals surface area (Å²) in [6.07, 6.45) is 2.91. The van der Waals surface area contributed by atoms with Crippen LogP contribution in [0.4, 0.5) is 5.69 Å². The fourth-order valence-electron chi connectivity index (χ4n) is 3.06. The predicted molar refractivity (Wildman–Crippen MR) is 115 cm³/mol. The molecule has 1 aromatic carbocycles. The van der Waals surface area contributed by atoms with Crippen LogP contribution in [0.25, 0.3) is 0 Å². The molecule has 0 spiro atoms. The average Bonchev–Trinajstić information content (AvgIpc) is 2.75. The van der Waals surface area contributed by atoms with Gasteiger partial charge in [-0.2, -0.15) is 0 Å². The third-order valence-corrected chi connectivity index (χ3v) is 4.86. The quantitative estimate of drug-likeness (QED) is 0.612. The van der Waals surface area contributed by atoms with E-state index < -0.39 is 11.4 Å². The fraction of sp³-hybridized carbons (Fsp3) is 0.381. The van der Waals surface area contributed by atoms with Crippen molar-refractivity contribution in [2.75, 3.05) is 32.2 Å². The first-order valence-corrected chi connectivity index (χ1v) is 9.89. The Labute approximate surface area is 180 Å². The van der Waals surface area contributed by atoms with Gasteiger partial charge < -0.3 is 20.5 Å². The van der Waals surface area contributed by atoms with E-state index in [9.17, 15) is 9.59 Å². The third-order valence-electron chi connectivity index (χ3n) is 4.86. The van der Waals surface area contributed by atoms with Gasteiger partial charge in [0, 0.05) is 19.3 Å². The second-order valence-corrected chi connectivity index (χ2v) is 7.19. The van der Waals surface area contributed by atoms with Gasteiger partial charge in [-0.05, 0) is 31.5 Å². The van der Waals surface area contributed by atoms with Gasteiger partial charge in [0.05, 0.1) is 31.0 Å². The summed E-state index contributed by atoms with van der Waals surface area (Å²) in [5, 5.41) is 2.79. The molecule has 10 heteroatoms. The van der Waals surface area contributed by atoms with Gasteiger partial charge in [0.25, 0.3) is 5.91 Å². The highest BCUT2D eigenvalue weighted by molar-refractivity contribution is 6.03. The topological polar surface area (TPSA) is 132 Å². The second-order valence-electron chi connectivity index (χ2n) is 7.19. The van der Waals surface area contributed by atoms with Crippen LogP contribution in [0.2, 0.25) is 0 Å². The summed E-state index contributed by atoms with van der Waals surface area (Å²) in [6.45, 7) is 5.15. The smallest absolute Gasteiger partial charge is 0.275 e. The zero-order chi connectivity index (χ0) is 22.4. The first-order chi connectivity index (χ1) is 14.8. The number of guanidine groups is 1.